The summed E-state index contributed by atoms with van der Waals surface area (Å²) in [6.07, 6.45) is 2.46. The fourth-order valence-electron chi connectivity index (χ4n) is 4.88. The van der Waals surface area contributed by atoms with Gasteiger partial charge < -0.3 is 9.64 Å². The molecule has 2 saturated heterocycles. The van der Waals surface area contributed by atoms with Crippen molar-refractivity contribution in [2.24, 2.45) is 5.92 Å². The molecule has 0 N–H and O–H groups in total. The van der Waals surface area contributed by atoms with E-state index in [1.54, 1.807) is 17.5 Å². The molecule has 32 heavy (non-hydrogen) atoms. The number of rotatable bonds is 5. The van der Waals surface area contributed by atoms with E-state index >= 15 is 0 Å². The second-order valence-corrected chi connectivity index (χ2v) is 11.9. The van der Waals surface area contributed by atoms with Gasteiger partial charge in [-0.3, -0.25) is 9.69 Å². The predicted octanol–water partition coefficient (Wildman–Crippen LogP) is 2.43. The van der Waals surface area contributed by atoms with Crippen LogP contribution >= 0.6 is 11.3 Å². The van der Waals surface area contributed by atoms with Crippen molar-refractivity contribution in [3.8, 4) is 5.75 Å². The number of benzene rings is 1. The number of ether oxygens (including phenoxy) is 1. The number of hydrogen-bond acceptors (Lipinski definition) is 6. The Hall–Kier alpha value is -1.94. The van der Waals surface area contributed by atoms with Crippen LogP contribution in [0, 0.1) is 5.92 Å². The molecule has 0 bridgehead atoms. The van der Waals surface area contributed by atoms with Gasteiger partial charge in [-0.2, -0.15) is 4.31 Å². The third-order valence-corrected chi connectivity index (χ3v) is 9.90. The molecule has 9 heteroatoms. The second-order valence-electron chi connectivity index (χ2n) is 8.78. The van der Waals surface area contributed by atoms with E-state index in [-0.39, 0.29) is 18.4 Å². The number of piperidine rings is 1. The Kier molecular flexibility index (Phi) is 6.24. The molecule has 3 aliphatic heterocycles. The summed E-state index contributed by atoms with van der Waals surface area (Å²) in [6, 6.07) is 9.83. The van der Waals surface area contributed by atoms with Crippen molar-refractivity contribution in [1.29, 1.82) is 0 Å². The van der Waals surface area contributed by atoms with Gasteiger partial charge in [0, 0.05) is 52.2 Å². The van der Waals surface area contributed by atoms with Gasteiger partial charge in [-0.15, -0.1) is 11.3 Å². The molecule has 1 atom stereocenters. The molecule has 1 amide bonds. The first-order chi connectivity index (χ1) is 15.5. The maximum atomic E-state index is 13.2. The largest absolute Gasteiger partial charge is 0.493 e. The highest BCUT2D eigenvalue weighted by molar-refractivity contribution is 7.91. The number of amides is 1. The smallest absolute Gasteiger partial charge is 0.252 e. The van der Waals surface area contributed by atoms with E-state index in [9.17, 15) is 13.2 Å². The lowest BCUT2D eigenvalue weighted by Gasteiger charge is -2.38. The Balaban J connectivity index is 1.16. The summed E-state index contributed by atoms with van der Waals surface area (Å²) in [5.41, 5.74) is 2.58. The minimum Gasteiger partial charge on any atom is -0.493 e. The van der Waals surface area contributed by atoms with Gasteiger partial charge in [-0.25, -0.2) is 8.42 Å². The quantitative estimate of drug-likeness (QED) is 0.664. The summed E-state index contributed by atoms with van der Waals surface area (Å²) in [5.74, 6) is 0.860. The van der Waals surface area contributed by atoms with E-state index in [0.29, 0.717) is 23.8 Å². The molecule has 7 nitrogen and oxygen atoms in total. The second kappa shape index (κ2) is 9.13. The first-order valence-corrected chi connectivity index (χ1v) is 13.6. The summed E-state index contributed by atoms with van der Waals surface area (Å²) >= 11 is 1.23. The lowest BCUT2D eigenvalue weighted by molar-refractivity contribution is -0.138. The highest BCUT2D eigenvalue weighted by Crippen LogP contribution is 2.28. The number of carbonyl (C=O) groups excluding carboxylic acids is 1. The molecule has 3 aliphatic rings. The van der Waals surface area contributed by atoms with E-state index < -0.39 is 10.0 Å². The number of carbonyl (C=O) groups is 1. The van der Waals surface area contributed by atoms with Crippen molar-refractivity contribution in [2.75, 3.05) is 45.9 Å². The van der Waals surface area contributed by atoms with Crippen LogP contribution in [0.15, 0.2) is 39.9 Å². The summed E-state index contributed by atoms with van der Waals surface area (Å²) in [4.78, 5) is 17.5. The third-order valence-electron chi connectivity index (χ3n) is 6.67. The fraction of sp³-hybridized carbons (Fsp3) is 0.522. The molecule has 1 aromatic heterocycles. The minimum absolute atomic E-state index is 0.102. The van der Waals surface area contributed by atoms with Gasteiger partial charge in [0.25, 0.3) is 10.0 Å². The van der Waals surface area contributed by atoms with Crippen molar-refractivity contribution in [3.63, 3.8) is 0 Å². The van der Waals surface area contributed by atoms with Gasteiger partial charge in [0.1, 0.15) is 9.96 Å². The molecule has 1 aromatic carbocycles. The number of sulfonamides is 1. The molecular weight excluding hydrogens is 446 g/mol. The van der Waals surface area contributed by atoms with Crippen molar-refractivity contribution in [3.05, 3.63) is 46.8 Å². The average Bonchev–Trinajstić information content (AvgIpc) is 3.51. The van der Waals surface area contributed by atoms with Crippen LogP contribution in [-0.4, -0.2) is 74.3 Å². The van der Waals surface area contributed by atoms with Crippen LogP contribution in [0.4, 0.5) is 0 Å². The Bertz CT molecular complexity index is 1060. The molecule has 4 heterocycles. The van der Waals surface area contributed by atoms with Crippen LogP contribution < -0.4 is 4.74 Å². The highest BCUT2D eigenvalue weighted by atomic mass is 32.2. The predicted molar refractivity (Wildman–Crippen MR) is 123 cm³/mol. The van der Waals surface area contributed by atoms with Crippen LogP contribution in [0.3, 0.4) is 0 Å². The molecule has 172 valence electrons. The zero-order valence-electron chi connectivity index (χ0n) is 18.1. The first-order valence-electron chi connectivity index (χ1n) is 11.3. The number of piperazine rings is 1. The monoisotopic (exact) mass is 475 g/mol. The third kappa shape index (κ3) is 4.44. The van der Waals surface area contributed by atoms with Gasteiger partial charge in [-0.1, -0.05) is 18.2 Å². The fourth-order valence-corrected chi connectivity index (χ4v) is 7.55. The zero-order chi connectivity index (χ0) is 22.1. The van der Waals surface area contributed by atoms with E-state index in [1.165, 1.54) is 26.8 Å². The van der Waals surface area contributed by atoms with Crippen LogP contribution in [0.5, 0.6) is 5.75 Å². The van der Waals surface area contributed by atoms with Crippen molar-refractivity contribution < 1.29 is 17.9 Å². The van der Waals surface area contributed by atoms with Gasteiger partial charge in [0.15, 0.2) is 0 Å². The molecule has 2 aromatic rings. The molecule has 0 spiro atoms. The maximum Gasteiger partial charge on any atom is 0.252 e. The van der Waals surface area contributed by atoms with Crippen LogP contribution in [0.2, 0.25) is 0 Å². The lowest BCUT2D eigenvalue weighted by atomic mass is 9.97. The number of thiophene rings is 1. The first kappa shape index (κ1) is 21.9. The Morgan fingerprint density at radius 1 is 1.12 bits per heavy atom. The molecule has 0 aliphatic carbocycles. The maximum absolute atomic E-state index is 13.2. The summed E-state index contributed by atoms with van der Waals surface area (Å²) in [7, 11) is -3.50. The Labute approximate surface area is 193 Å². The van der Waals surface area contributed by atoms with E-state index in [0.717, 1.165) is 51.3 Å². The van der Waals surface area contributed by atoms with Crippen LogP contribution in [0.1, 0.15) is 24.0 Å². The van der Waals surface area contributed by atoms with Gasteiger partial charge >= 0.3 is 0 Å². The minimum atomic E-state index is -3.50. The molecule has 2 fully saturated rings. The number of fused-ring (bicyclic) bond motifs is 1. The molecule has 0 radical (unpaired) electrons. The van der Waals surface area contributed by atoms with E-state index in [1.807, 2.05) is 4.90 Å². The average molecular weight is 476 g/mol. The van der Waals surface area contributed by atoms with Crippen molar-refractivity contribution in [2.45, 2.75) is 30.0 Å². The molecular formula is C23H29N3O4S2. The van der Waals surface area contributed by atoms with Crippen molar-refractivity contribution >= 4 is 27.3 Å². The Morgan fingerprint density at radius 2 is 1.97 bits per heavy atom. The topological polar surface area (TPSA) is 70.2 Å². The summed E-state index contributed by atoms with van der Waals surface area (Å²) < 4.78 is 33.2. The van der Waals surface area contributed by atoms with Crippen LogP contribution in [-0.2, 0) is 27.8 Å². The normalized spacial score (nSPS) is 22.5. The van der Waals surface area contributed by atoms with E-state index in [4.69, 9.17) is 4.74 Å². The summed E-state index contributed by atoms with van der Waals surface area (Å²) in [6.45, 7) is 5.49. The number of hydrogen-bond donors (Lipinski definition) is 0. The zero-order valence-corrected chi connectivity index (χ0v) is 19.7. The van der Waals surface area contributed by atoms with Crippen molar-refractivity contribution in [1.82, 2.24) is 14.1 Å². The molecule has 1 unspecified atom stereocenters. The SMILES string of the molecule is O=C(C1CCCN(S(=O)(=O)c2cccs2)C1)N1CCN(Cc2ccc3c(c2)CCO3)CC1. The summed E-state index contributed by atoms with van der Waals surface area (Å²) in [5, 5.41) is 1.77. The van der Waals surface area contributed by atoms with Gasteiger partial charge in [0.2, 0.25) is 5.91 Å². The van der Waals surface area contributed by atoms with Gasteiger partial charge in [-0.05, 0) is 41.5 Å². The standard InChI is InChI=1S/C23H29N3O4S2/c27-23(20-3-1-8-26(17-20)32(28,29)22-4-2-14-31-22)25-11-9-24(10-12-25)16-18-5-6-21-19(15-18)7-13-30-21/h2,4-6,14-15,20H,1,3,7-13,16-17H2. The van der Waals surface area contributed by atoms with E-state index in [2.05, 4.69) is 23.1 Å². The van der Waals surface area contributed by atoms with Crippen LogP contribution in [0.25, 0.3) is 0 Å². The molecule has 0 saturated carbocycles. The Morgan fingerprint density at radius 3 is 2.75 bits per heavy atom. The number of nitrogens with zero attached hydrogens (tertiary/aromatic N) is 3. The lowest BCUT2D eigenvalue weighted by Crippen LogP contribution is -2.52. The highest BCUT2D eigenvalue weighted by Gasteiger charge is 2.36. The van der Waals surface area contributed by atoms with Gasteiger partial charge in [0.05, 0.1) is 12.5 Å². The molecule has 5 rings (SSSR count).